The predicted octanol–water partition coefficient (Wildman–Crippen LogP) is 4.89. The van der Waals surface area contributed by atoms with Gasteiger partial charge in [0.1, 0.15) is 21.7 Å². The predicted molar refractivity (Wildman–Crippen MR) is 117 cm³/mol. The van der Waals surface area contributed by atoms with Crippen LogP contribution in [0.25, 0.3) is 16.7 Å². The molecule has 156 valence electrons. The molecule has 0 bridgehead atoms. The van der Waals surface area contributed by atoms with Crippen molar-refractivity contribution < 1.29 is 13.9 Å². The topological polar surface area (TPSA) is 72.4 Å². The van der Waals surface area contributed by atoms with Gasteiger partial charge in [-0.2, -0.15) is 0 Å². The first-order valence-electron chi connectivity index (χ1n) is 9.70. The molecule has 31 heavy (non-hydrogen) atoms. The molecule has 0 spiro atoms. The van der Waals surface area contributed by atoms with Crippen LogP contribution in [0.3, 0.4) is 0 Å². The summed E-state index contributed by atoms with van der Waals surface area (Å²) in [5, 5.41) is 10.8. The zero-order chi connectivity index (χ0) is 22.1. The van der Waals surface area contributed by atoms with Gasteiger partial charge >= 0.3 is 5.63 Å². The fraction of sp³-hybridized carbons (Fsp3) is 0.167. The lowest BCUT2D eigenvalue weighted by atomic mass is 9.82. The largest absolute Gasteiger partial charge is 0.505 e. The molecule has 1 N–H and O–H groups in total. The van der Waals surface area contributed by atoms with Crippen molar-refractivity contribution in [1.82, 2.24) is 4.57 Å². The number of aromatic hydroxyl groups is 1. The Morgan fingerprint density at radius 1 is 1.10 bits per heavy atom. The maximum absolute atomic E-state index is 14.1. The summed E-state index contributed by atoms with van der Waals surface area (Å²) in [5.74, 6) is -1.04. The van der Waals surface area contributed by atoms with Crippen LogP contribution < -0.4 is 11.2 Å². The van der Waals surface area contributed by atoms with E-state index in [9.17, 15) is 19.1 Å². The lowest BCUT2D eigenvalue weighted by Gasteiger charge is -2.20. The van der Waals surface area contributed by atoms with Gasteiger partial charge in [0.25, 0.3) is 5.56 Å². The maximum Gasteiger partial charge on any atom is 0.354 e. The van der Waals surface area contributed by atoms with E-state index in [1.165, 1.54) is 18.2 Å². The van der Waals surface area contributed by atoms with Gasteiger partial charge in [-0.1, -0.05) is 55.4 Å². The van der Waals surface area contributed by atoms with Crippen LogP contribution in [0.15, 0.2) is 72.3 Å². The minimum absolute atomic E-state index is 0.00855. The van der Waals surface area contributed by atoms with Crippen molar-refractivity contribution in [2.24, 2.45) is 0 Å². The van der Waals surface area contributed by atoms with Gasteiger partial charge in [0.05, 0.1) is 5.69 Å². The molecule has 0 saturated heterocycles. The summed E-state index contributed by atoms with van der Waals surface area (Å²) in [5.41, 5.74) is 1.64. The zero-order valence-corrected chi connectivity index (χ0v) is 17.8. The summed E-state index contributed by atoms with van der Waals surface area (Å²) in [6, 6.07) is 13.3. The van der Waals surface area contributed by atoms with Crippen LogP contribution in [-0.2, 0) is 5.41 Å². The van der Waals surface area contributed by atoms with Gasteiger partial charge in [-0.15, -0.1) is 0 Å². The molecule has 0 unspecified atom stereocenters. The number of aromatic nitrogens is 1. The molecule has 4 aromatic rings. The smallest absolute Gasteiger partial charge is 0.354 e. The molecule has 0 saturated carbocycles. The van der Waals surface area contributed by atoms with Crippen molar-refractivity contribution in [2.75, 3.05) is 0 Å². The van der Waals surface area contributed by atoms with Crippen molar-refractivity contribution in [2.45, 2.75) is 36.0 Å². The SMILES string of the molecule is Cc1ccc2c(c1)C(C)(C)c1cc3oc(=O)c(Sc4ccccc4F)c(O)c3c(=O)n1-2. The molecular weight excluding hydrogens is 417 g/mol. The van der Waals surface area contributed by atoms with Crippen molar-refractivity contribution in [1.29, 1.82) is 0 Å². The van der Waals surface area contributed by atoms with Gasteiger partial charge in [0.2, 0.25) is 0 Å². The van der Waals surface area contributed by atoms with E-state index in [1.54, 1.807) is 16.7 Å². The molecule has 0 amide bonds. The number of rotatable bonds is 2. The van der Waals surface area contributed by atoms with Gasteiger partial charge in [0, 0.05) is 22.1 Å². The Hall–Kier alpha value is -3.32. The van der Waals surface area contributed by atoms with Crippen molar-refractivity contribution >= 4 is 22.7 Å². The van der Waals surface area contributed by atoms with Gasteiger partial charge in [-0.3, -0.25) is 9.36 Å². The lowest BCUT2D eigenvalue weighted by Crippen LogP contribution is -2.24. The molecule has 3 heterocycles. The number of benzene rings is 2. The van der Waals surface area contributed by atoms with Crippen LogP contribution in [-0.4, -0.2) is 9.67 Å². The highest BCUT2D eigenvalue weighted by atomic mass is 32.2. The van der Waals surface area contributed by atoms with Crippen LogP contribution in [0.5, 0.6) is 5.75 Å². The second-order valence-corrected chi connectivity index (χ2v) is 9.21. The molecule has 2 aromatic carbocycles. The molecule has 7 heteroatoms. The van der Waals surface area contributed by atoms with Crippen LogP contribution in [0.2, 0.25) is 0 Å². The van der Waals surface area contributed by atoms with Crippen LogP contribution >= 0.6 is 11.8 Å². The second-order valence-electron chi connectivity index (χ2n) is 8.15. The molecular formula is C24H18FNO4S. The fourth-order valence-electron chi connectivity index (χ4n) is 4.15. The van der Waals surface area contributed by atoms with Crippen molar-refractivity contribution in [3.8, 4) is 11.4 Å². The molecule has 1 aliphatic rings. The molecule has 2 aromatic heterocycles. The highest BCUT2D eigenvalue weighted by Gasteiger charge is 2.38. The Kier molecular flexibility index (Phi) is 4.17. The number of hydrogen-bond acceptors (Lipinski definition) is 5. The third-order valence-electron chi connectivity index (χ3n) is 5.77. The Labute approximate surface area is 180 Å². The first kappa shape index (κ1) is 19.6. The Bertz CT molecular complexity index is 1520. The minimum Gasteiger partial charge on any atom is -0.505 e. The first-order chi connectivity index (χ1) is 14.7. The van der Waals surface area contributed by atoms with E-state index in [0.29, 0.717) is 5.69 Å². The molecule has 5 rings (SSSR count). The van der Waals surface area contributed by atoms with E-state index in [1.807, 2.05) is 39.0 Å². The maximum atomic E-state index is 14.1. The van der Waals surface area contributed by atoms with E-state index in [-0.39, 0.29) is 20.8 Å². The van der Waals surface area contributed by atoms with Gasteiger partial charge in [-0.05, 0) is 30.7 Å². The summed E-state index contributed by atoms with van der Waals surface area (Å²) >= 11 is 0.732. The van der Waals surface area contributed by atoms with E-state index in [0.717, 1.165) is 28.6 Å². The number of fused-ring (bicyclic) bond motifs is 4. The van der Waals surface area contributed by atoms with Crippen LogP contribution in [0.1, 0.15) is 30.7 Å². The van der Waals surface area contributed by atoms with Gasteiger partial charge in [-0.25, -0.2) is 9.18 Å². The molecule has 0 fully saturated rings. The monoisotopic (exact) mass is 435 g/mol. The average molecular weight is 435 g/mol. The van der Waals surface area contributed by atoms with E-state index in [2.05, 4.69) is 0 Å². The summed E-state index contributed by atoms with van der Waals surface area (Å²) in [6.07, 6.45) is 0. The number of hydrogen-bond donors (Lipinski definition) is 1. The van der Waals surface area contributed by atoms with Gasteiger partial charge < -0.3 is 9.52 Å². The summed E-state index contributed by atoms with van der Waals surface area (Å²) in [4.78, 5) is 26.1. The number of aryl methyl sites for hydroxylation is 1. The molecule has 1 aliphatic heterocycles. The minimum atomic E-state index is -0.827. The molecule has 0 radical (unpaired) electrons. The van der Waals surface area contributed by atoms with Crippen LogP contribution in [0.4, 0.5) is 4.39 Å². The highest BCUT2D eigenvalue weighted by Crippen LogP contribution is 2.44. The number of halogens is 1. The summed E-state index contributed by atoms with van der Waals surface area (Å²) < 4.78 is 21.1. The molecule has 0 atom stereocenters. The highest BCUT2D eigenvalue weighted by molar-refractivity contribution is 7.99. The average Bonchev–Trinajstić information content (AvgIpc) is 2.93. The van der Waals surface area contributed by atoms with Crippen LogP contribution in [0, 0.1) is 12.7 Å². The standard InChI is InChI=1S/C24H18FNO4S/c1-12-8-9-15-13(10-12)24(2,3)18-11-16-19(22(28)26(15)18)20(27)21(23(29)30-16)31-17-7-5-4-6-14(17)25/h4-11,27H,1-3H3. The van der Waals surface area contributed by atoms with E-state index >= 15 is 0 Å². The third-order valence-corrected chi connectivity index (χ3v) is 6.88. The Morgan fingerprint density at radius 3 is 2.58 bits per heavy atom. The normalized spacial score (nSPS) is 13.9. The number of nitrogens with zero attached hydrogens (tertiary/aromatic N) is 1. The van der Waals surface area contributed by atoms with E-state index in [4.69, 9.17) is 4.42 Å². The third kappa shape index (κ3) is 2.76. The Morgan fingerprint density at radius 2 is 1.84 bits per heavy atom. The lowest BCUT2D eigenvalue weighted by molar-refractivity contribution is 0.445. The van der Waals surface area contributed by atoms with Crippen molar-refractivity contribution in [3.05, 3.63) is 91.9 Å². The first-order valence-corrected chi connectivity index (χ1v) is 10.5. The quantitative estimate of drug-likeness (QED) is 0.486. The van der Waals surface area contributed by atoms with E-state index < -0.39 is 28.2 Å². The summed E-state index contributed by atoms with van der Waals surface area (Å²) in [7, 11) is 0. The van der Waals surface area contributed by atoms with Gasteiger partial charge in [0.15, 0.2) is 5.75 Å². The fourth-order valence-corrected chi connectivity index (χ4v) is 5.01. The van der Waals surface area contributed by atoms with Crippen molar-refractivity contribution in [3.63, 3.8) is 0 Å². The Balaban J connectivity index is 1.81. The number of pyridine rings is 1. The molecule has 0 aliphatic carbocycles. The molecule has 5 nitrogen and oxygen atoms in total. The second kappa shape index (κ2) is 6.59. The summed E-state index contributed by atoms with van der Waals surface area (Å²) in [6.45, 7) is 5.97. The zero-order valence-electron chi connectivity index (χ0n) is 17.0.